The van der Waals surface area contributed by atoms with Crippen LogP contribution in [0.1, 0.15) is 19.8 Å². The van der Waals surface area contributed by atoms with Gasteiger partial charge in [-0.25, -0.2) is 0 Å². The number of hydrogen-bond acceptors (Lipinski definition) is 2. The Morgan fingerprint density at radius 1 is 1.05 bits per heavy atom. The summed E-state index contributed by atoms with van der Waals surface area (Å²) in [6.45, 7) is 2.10. The Hall–Kier alpha value is -0.900. The average molecular weight is 400 g/mol. The van der Waals surface area contributed by atoms with Gasteiger partial charge in [-0.15, -0.1) is 0 Å². The SMILES string of the molecule is CCCC/[PH](=N/S(=O)(=O)c1ccc(Br)cc1)c1ccccc1. The van der Waals surface area contributed by atoms with Gasteiger partial charge in [-0.1, -0.05) is 59.6 Å². The van der Waals surface area contributed by atoms with Crippen LogP contribution in [0.4, 0.5) is 0 Å². The van der Waals surface area contributed by atoms with Crippen LogP contribution in [0.15, 0.2) is 68.1 Å². The second kappa shape index (κ2) is 8.09. The van der Waals surface area contributed by atoms with Crippen LogP contribution in [-0.2, 0) is 10.0 Å². The molecule has 3 nitrogen and oxygen atoms in total. The molecular formula is C16H19BrNO2PS. The fourth-order valence-corrected chi connectivity index (χ4v) is 6.69. The van der Waals surface area contributed by atoms with E-state index in [4.69, 9.17) is 0 Å². The molecule has 0 bridgehead atoms. The first-order valence-electron chi connectivity index (χ1n) is 7.18. The van der Waals surface area contributed by atoms with Crippen molar-refractivity contribution in [3.63, 3.8) is 0 Å². The molecule has 0 fully saturated rings. The molecule has 118 valence electrons. The third kappa shape index (κ3) is 4.80. The Morgan fingerprint density at radius 2 is 1.68 bits per heavy atom. The minimum atomic E-state index is -3.61. The summed E-state index contributed by atoms with van der Waals surface area (Å²) < 4.78 is 30.2. The van der Waals surface area contributed by atoms with Crippen LogP contribution < -0.4 is 5.30 Å². The molecule has 0 aliphatic carbocycles. The zero-order valence-corrected chi connectivity index (χ0v) is 15.8. The van der Waals surface area contributed by atoms with E-state index in [9.17, 15) is 8.42 Å². The molecular weight excluding hydrogens is 381 g/mol. The van der Waals surface area contributed by atoms with Gasteiger partial charge >= 0.3 is 0 Å². The third-order valence-electron chi connectivity index (χ3n) is 3.22. The van der Waals surface area contributed by atoms with Gasteiger partial charge in [0, 0.05) is 12.2 Å². The Labute approximate surface area is 141 Å². The normalized spacial score (nSPS) is 13.2. The van der Waals surface area contributed by atoms with Crippen LogP contribution in [0.25, 0.3) is 0 Å². The predicted octanol–water partition coefficient (Wildman–Crippen LogP) is 4.66. The van der Waals surface area contributed by atoms with Crippen molar-refractivity contribution in [3.8, 4) is 0 Å². The number of rotatable bonds is 6. The lowest BCUT2D eigenvalue weighted by atomic mass is 10.4. The molecule has 2 rings (SSSR count). The molecule has 0 heterocycles. The quantitative estimate of drug-likeness (QED) is 0.662. The van der Waals surface area contributed by atoms with Gasteiger partial charge in [0.05, 0.1) is 4.90 Å². The fraction of sp³-hybridized carbons (Fsp3) is 0.250. The first-order chi connectivity index (χ1) is 10.5. The molecule has 0 amide bonds. The number of benzene rings is 2. The molecule has 2 aromatic rings. The largest absolute Gasteiger partial charge is 0.281 e. The van der Waals surface area contributed by atoms with E-state index in [1.54, 1.807) is 24.3 Å². The van der Waals surface area contributed by atoms with E-state index in [0.717, 1.165) is 28.8 Å². The summed E-state index contributed by atoms with van der Waals surface area (Å²) in [5.74, 6) is 0. The van der Waals surface area contributed by atoms with Crippen molar-refractivity contribution in [3.05, 3.63) is 59.1 Å². The van der Waals surface area contributed by atoms with E-state index in [-0.39, 0.29) is 4.90 Å². The van der Waals surface area contributed by atoms with Crippen molar-refractivity contribution in [1.82, 2.24) is 0 Å². The zero-order valence-electron chi connectivity index (χ0n) is 12.4. The van der Waals surface area contributed by atoms with Gasteiger partial charge in [0.15, 0.2) is 0 Å². The molecule has 0 N–H and O–H groups in total. The van der Waals surface area contributed by atoms with Crippen molar-refractivity contribution in [2.75, 3.05) is 6.16 Å². The van der Waals surface area contributed by atoms with E-state index < -0.39 is 17.7 Å². The summed E-state index contributed by atoms with van der Waals surface area (Å²) in [4.78, 5) is 0.255. The van der Waals surface area contributed by atoms with Crippen molar-refractivity contribution >= 4 is 39.0 Å². The van der Waals surface area contributed by atoms with Gasteiger partial charge in [-0.3, -0.25) is 0 Å². The smallest absolute Gasteiger partial charge is 0.199 e. The summed E-state index contributed by atoms with van der Waals surface area (Å²) in [6, 6.07) is 16.4. The highest BCUT2D eigenvalue weighted by Crippen LogP contribution is 2.31. The highest BCUT2D eigenvalue weighted by atomic mass is 79.9. The topological polar surface area (TPSA) is 46.5 Å². The number of unbranched alkanes of at least 4 members (excludes halogenated alkanes) is 1. The van der Waals surface area contributed by atoms with E-state index in [1.165, 1.54) is 0 Å². The van der Waals surface area contributed by atoms with Gasteiger partial charge in [0.25, 0.3) is 10.0 Å². The lowest BCUT2D eigenvalue weighted by Crippen LogP contribution is -2.01. The van der Waals surface area contributed by atoms with Crippen LogP contribution in [0.2, 0.25) is 0 Å². The van der Waals surface area contributed by atoms with Crippen molar-refractivity contribution in [2.24, 2.45) is 4.15 Å². The van der Waals surface area contributed by atoms with Crippen LogP contribution in [0, 0.1) is 0 Å². The van der Waals surface area contributed by atoms with E-state index >= 15 is 0 Å². The minimum Gasteiger partial charge on any atom is -0.199 e. The molecule has 0 aliphatic heterocycles. The summed E-state index contributed by atoms with van der Waals surface area (Å²) in [6.07, 6.45) is 2.86. The Bertz CT molecular complexity index is 743. The molecule has 1 atom stereocenters. The first-order valence-corrected chi connectivity index (χ1v) is 11.1. The molecule has 0 aromatic heterocycles. The first kappa shape index (κ1) is 17.5. The minimum absolute atomic E-state index is 0.255. The lowest BCUT2D eigenvalue weighted by molar-refractivity contribution is 0.598. The molecule has 0 spiro atoms. The summed E-state index contributed by atoms with van der Waals surface area (Å²) in [5, 5.41) is 1.04. The Morgan fingerprint density at radius 3 is 2.27 bits per heavy atom. The van der Waals surface area contributed by atoms with Crippen molar-refractivity contribution in [1.29, 1.82) is 0 Å². The second-order valence-electron chi connectivity index (χ2n) is 4.94. The monoisotopic (exact) mass is 399 g/mol. The number of hydrogen-bond donors (Lipinski definition) is 0. The molecule has 0 saturated carbocycles. The van der Waals surface area contributed by atoms with Gasteiger partial charge < -0.3 is 0 Å². The Kier molecular flexibility index (Phi) is 6.42. The van der Waals surface area contributed by atoms with Crippen molar-refractivity contribution in [2.45, 2.75) is 24.7 Å². The fourth-order valence-electron chi connectivity index (χ4n) is 2.02. The van der Waals surface area contributed by atoms with Crippen LogP contribution in [0.5, 0.6) is 0 Å². The maximum atomic E-state index is 12.5. The summed E-state index contributed by atoms with van der Waals surface area (Å²) in [5.41, 5.74) is 0. The highest BCUT2D eigenvalue weighted by molar-refractivity contribution is 9.10. The van der Waals surface area contributed by atoms with Crippen LogP contribution >= 0.6 is 23.6 Å². The standard InChI is InChI=1S/C16H19BrNO2PS/c1-2-3-13-21(15-7-5-4-6-8-15)18-22(19,20)16-11-9-14(17)10-12-16/h4-12,21H,2-3,13H2,1H3. The Balaban J connectivity index is 2.41. The molecule has 6 heteroatoms. The summed E-state index contributed by atoms with van der Waals surface area (Å²) >= 11 is 3.31. The van der Waals surface area contributed by atoms with E-state index in [1.807, 2.05) is 30.3 Å². The third-order valence-corrected chi connectivity index (χ3v) is 8.28. The molecule has 0 saturated heterocycles. The lowest BCUT2D eigenvalue weighted by Gasteiger charge is -2.08. The van der Waals surface area contributed by atoms with Gasteiger partial charge in [0.2, 0.25) is 0 Å². The molecule has 22 heavy (non-hydrogen) atoms. The van der Waals surface area contributed by atoms with Crippen molar-refractivity contribution < 1.29 is 8.42 Å². The predicted molar refractivity (Wildman–Crippen MR) is 97.9 cm³/mol. The van der Waals surface area contributed by atoms with Crippen LogP contribution in [-0.4, -0.2) is 14.6 Å². The molecule has 0 aliphatic rings. The molecule has 2 aromatic carbocycles. The highest BCUT2D eigenvalue weighted by Gasteiger charge is 2.14. The average Bonchev–Trinajstić information content (AvgIpc) is 2.52. The maximum Gasteiger partial charge on any atom is 0.281 e. The molecule has 1 unspecified atom stereocenters. The van der Waals surface area contributed by atoms with Gasteiger partial charge in [-0.2, -0.15) is 12.6 Å². The number of sulfonamides is 1. The van der Waals surface area contributed by atoms with Crippen LogP contribution in [0.3, 0.4) is 0 Å². The van der Waals surface area contributed by atoms with Gasteiger partial charge in [0.1, 0.15) is 0 Å². The number of halogens is 1. The maximum absolute atomic E-state index is 12.5. The second-order valence-corrected chi connectivity index (χ2v) is 9.97. The van der Waals surface area contributed by atoms with Gasteiger partial charge in [-0.05, 0) is 42.2 Å². The molecule has 0 radical (unpaired) electrons. The summed E-state index contributed by atoms with van der Waals surface area (Å²) in [7, 11) is -5.08. The van der Waals surface area contributed by atoms with E-state index in [0.29, 0.717) is 0 Å². The number of nitrogens with zero attached hydrogens (tertiary/aromatic N) is 1. The van der Waals surface area contributed by atoms with E-state index in [2.05, 4.69) is 27.0 Å². The zero-order chi connectivity index (χ0) is 16.0.